The number of furan rings is 1. The fraction of sp³-hybridized carbons (Fsp3) is 0.200. The Hall–Kier alpha value is -2.14. The average molecular weight is 288 g/mol. The number of nitrogens with one attached hydrogen (secondary N) is 2. The summed E-state index contributed by atoms with van der Waals surface area (Å²) in [5, 5.41) is 5.90. The van der Waals surface area contributed by atoms with E-state index in [1.54, 1.807) is 12.1 Å². The van der Waals surface area contributed by atoms with E-state index in [1.807, 2.05) is 20.8 Å². The molecule has 1 heterocycles. The lowest BCUT2D eigenvalue weighted by Gasteiger charge is -2.14. The van der Waals surface area contributed by atoms with E-state index in [0.717, 1.165) is 16.8 Å². The van der Waals surface area contributed by atoms with Crippen molar-refractivity contribution in [2.24, 2.45) is 0 Å². The average Bonchev–Trinajstić information content (AvgIpc) is 2.87. The second kappa shape index (κ2) is 5.88. The number of thiocarbonyl (C=S) groups is 1. The summed E-state index contributed by atoms with van der Waals surface area (Å²) in [6.07, 6.45) is 1.44. The van der Waals surface area contributed by atoms with Gasteiger partial charge in [-0.3, -0.25) is 10.1 Å². The van der Waals surface area contributed by atoms with Crippen LogP contribution < -0.4 is 10.6 Å². The first-order valence-corrected chi connectivity index (χ1v) is 6.62. The molecule has 0 unspecified atom stereocenters. The molecule has 1 amide bonds. The highest BCUT2D eigenvalue weighted by Gasteiger charge is 2.12. The topological polar surface area (TPSA) is 54.3 Å². The summed E-state index contributed by atoms with van der Waals surface area (Å²) in [6.45, 7) is 6.04. The molecule has 2 N–H and O–H groups in total. The molecule has 5 heteroatoms. The number of anilines is 1. The summed E-state index contributed by atoms with van der Waals surface area (Å²) in [5.74, 6) is -0.138. The Bertz CT molecular complexity index is 625. The Morgan fingerprint density at radius 1 is 1.20 bits per heavy atom. The molecule has 0 saturated heterocycles. The third-order valence-electron chi connectivity index (χ3n) is 2.89. The summed E-state index contributed by atoms with van der Waals surface area (Å²) < 4.78 is 5.01. The van der Waals surface area contributed by atoms with Crippen LogP contribution in [0.3, 0.4) is 0 Å². The molecule has 0 aliphatic heterocycles. The van der Waals surface area contributed by atoms with Gasteiger partial charge in [-0.1, -0.05) is 17.7 Å². The van der Waals surface area contributed by atoms with Crippen molar-refractivity contribution in [3.8, 4) is 0 Å². The lowest BCUT2D eigenvalue weighted by molar-refractivity contribution is 0.0950. The minimum Gasteiger partial charge on any atom is -0.459 e. The highest BCUT2D eigenvalue weighted by molar-refractivity contribution is 7.80. The van der Waals surface area contributed by atoms with Crippen LogP contribution in [0.2, 0.25) is 0 Å². The smallest absolute Gasteiger partial charge is 0.293 e. The van der Waals surface area contributed by atoms with Crippen molar-refractivity contribution in [1.29, 1.82) is 0 Å². The van der Waals surface area contributed by atoms with Crippen LogP contribution in [0.1, 0.15) is 27.2 Å². The van der Waals surface area contributed by atoms with Crippen LogP contribution >= 0.6 is 12.2 Å². The largest absolute Gasteiger partial charge is 0.459 e. The second-order valence-electron chi connectivity index (χ2n) is 4.66. The standard InChI is InChI=1S/C15H16N2O2S/c1-9-7-10(2)13(11(3)8-9)16-15(20)17-14(18)12-5-4-6-19-12/h4-8H,1-3H3,(H2,16,17,18,20). The zero-order valence-electron chi connectivity index (χ0n) is 11.6. The fourth-order valence-corrected chi connectivity index (χ4v) is 2.29. The number of hydrogen-bond donors (Lipinski definition) is 2. The fourth-order valence-electron chi connectivity index (χ4n) is 2.09. The first-order valence-electron chi connectivity index (χ1n) is 6.21. The molecule has 2 rings (SSSR count). The van der Waals surface area contributed by atoms with Crippen LogP contribution in [-0.2, 0) is 0 Å². The van der Waals surface area contributed by atoms with E-state index in [-0.39, 0.29) is 16.8 Å². The first kappa shape index (κ1) is 14.3. The zero-order chi connectivity index (χ0) is 14.7. The van der Waals surface area contributed by atoms with Gasteiger partial charge in [-0.2, -0.15) is 0 Å². The van der Waals surface area contributed by atoms with Crippen LogP contribution in [0.15, 0.2) is 34.9 Å². The van der Waals surface area contributed by atoms with Gasteiger partial charge in [0.25, 0.3) is 5.91 Å². The van der Waals surface area contributed by atoms with Crippen molar-refractivity contribution in [3.05, 3.63) is 53.0 Å². The Balaban J connectivity index is 2.07. The SMILES string of the molecule is Cc1cc(C)c(NC(=S)NC(=O)c2ccco2)c(C)c1. The quantitative estimate of drug-likeness (QED) is 0.832. The Kier molecular flexibility index (Phi) is 4.20. The molecule has 4 nitrogen and oxygen atoms in total. The van der Waals surface area contributed by atoms with Crippen LogP contribution in [-0.4, -0.2) is 11.0 Å². The molecule has 0 aliphatic rings. The molecule has 104 valence electrons. The third kappa shape index (κ3) is 3.24. The van der Waals surface area contributed by atoms with E-state index in [0.29, 0.717) is 0 Å². The summed E-state index contributed by atoms with van der Waals surface area (Å²) in [6, 6.07) is 7.36. The number of aryl methyl sites for hydroxylation is 3. The predicted molar refractivity (Wildman–Crippen MR) is 83.0 cm³/mol. The number of amides is 1. The maximum absolute atomic E-state index is 11.8. The van der Waals surface area contributed by atoms with E-state index in [9.17, 15) is 4.79 Å². The molecule has 0 saturated carbocycles. The summed E-state index contributed by atoms with van der Waals surface area (Å²) in [7, 11) is 0. The highest BCUT2D eigenvalue weighted by atomic mass is 32.1. The highest BCUT2D eigenvalue weighted by Crippen LogP contribution is 2.21. The molecule has 0 radical (unpaired) electrons. The minimum absolute atomic E-state index is 0.228. The lowest BCUT2D eigenvalue weighted by Crippen LogP contribution is -2.34. The van der Waals surface area contributed by atoms with Gasteiger partial charge in [-0.25, -0.2) is 0 Å². The van der Waals surface area contributed by atoms with Crippen molar-refractivity contribution >= 4 is 28.9 Å². The number of carbonyl (C=O) groups excluding carboxylic acids is 1. The van der Waals surface area contributed by atoms with Crippen molar-refractivity contribution < 1.29 is 9.21 Å². The number of hydrogen-bond acceptors (Lipinski definition) is 3. The summed E-state index contributed by atoms with van der Waals surface area (Å²) >= 11 is 5.15. The molecule has 0 fully saturated rings. The zero-order valence-corrected chi connectivity index (χ0v) is 12.4. The normalized spacial score (nSPS) is 10.2. The molecule has 0 atom stereocenters. The van der Waals surface area contributed by atoms with Crippen molar-refractivity contribution in [2.45, 2.75) is 20.8 Å². The monoisotopic (exact) mass is 288 g/mol. The molecule has 20 heavy (non-hydrogen) atoms. The van der Waals surface area contributed by atoms with Gasteiger partial charge in [0.15, 0.2) is 10.9 Å². The number of rotatable bonds is 2. The summed E-state index contributed by atoms with van der Waals surface area (Å²) in [5.41, 5.74) is 4.27. The Labute approximate surface area is 123 Å². The molecule has 0 aliphatic carbocycles. The van der Waals surface area contributed by atoms with E-state index >= 15 is 0 Å². The van der Waals surface area contributed by atoms with E-state index in [2.05, 4.69) is 22.8 Å². The first-order chi connectivity index (χ1) is 9.47. The molecule has 2 aromatic rings. The summed E-state index contributed by atoms with van der Waals surface area (Å²) in [4.78, 5) is 11.8. The van der Waals surface area contributed by atoms with E-state index < -0.39 is 0 Å². The van der Waals surface area contributed by atoms with Crippen molar-refractivity contribution in [3.63, 3.8) is 0 Å². The number of benzene rings is 1. The van der Waals surface area contributed by atoms with Crippen LogP contribution in [0.4, 0.5) is 5.69 Å². The molecule has 1 aromatic heterocycles. The van der Waals surface area contributed by atoms with Gasteiger partial charge in [-0.15, -0.1) is 0 Å². The molecule has 0 bridgehead atoms. The van der Waals surface area contributed by atoms with Gasteiger partial charge < -0.3 is 9.73 Å². The van der Waals surface area contributed by atoms with Gasteiger partial charge in [0.05, 0.1) is 6.26 Å². The van der Waals surface area contributed by atoms with Gasteiger partial charge in [-0.05, 0) is 56.2 Å². The van der Waals surface area contributed by atoms with E-state index in [1.165, 1.54) is 11.8 Å². The van der Waals surface area contributed by atoms with Crippen molar-refractivity contribution in [1.82, 2.24) is 5.32 Å². The third-order valence-corrected chi connectivity index (χ3v) is 3.09. The maximum Gasteiger partial charge on any atom is 0.293 e. The van der Waals surface area contributed by atoms with Gasteiger partial charge in [0.2, 0.25) is 0 Å². The van der Waals surface area contributed by atoms with Crippen LogP contribution in [0, 0.1) is 20.8 Å². The van der Waals surface area contributed by atoms with Gasteiger partial charge >= 0.3 is 0 Å². The predicted octanol–water partition coefficient (Wildman–Crippen LogP) is 3.33. The van der Waals surface area contributed by atoms with Gasteiger partial charge in [0.1, 0.15) is 0 Å². The molecule has 1 aromatic carbocycles. The maximum atomic E-state index is 11.8. The molecular weight excluding hydrogens is 272 g/mol. The van der Waals surface area contributed by atoms with Crippen LogP contribution in [0.5, 0.6) is 0 Å². The minimum atomic E-state index is -0.366. The molecule has 0 spiro atoms. The van der Waals surface area contributed by atoms with Crippen molar-refractivity contribution in [2.75, 3.05) is 5.32 Å². The Morgan fingerprint density at radius 2 is 1.85 bits per heavy atom. The van der Waals surface area contributed by atoms with Gasteiger partial charge in [0, 0.05) is 5.69 Å². The number of carbonyl (C=O) groups is 1. The van der Waals surface area contributed by atoms with Crippen LogP contribution in [0.25, 0.3) is 0 Å². The molecular formula is C15H16N2O2S. The van der Waals surface area contributed by atoms with E-state index in [4.69, 9.17) is 16.6 Å². The Morgan fingerprint density at radius 3 is 2.40 bits per heavy atom. The lowest BCUT2D eigenvalue weighted by atomic mass is 10.1. The second-order valence-corrected chi connectivity index (χ2v) is 5.07.